The fourth-order valence-electron chi connectivity index (χ4n) is 5.24. The predicted octanol–water partition coefficient (Wildman–Crippen LogP) is 3.83. The molecule has 2 aromatic rings. The van der Waals surface area contributed by atoms with Gasteiger partial charge < -0.3 is 28.4 Å². The standard InChI is InChI=1S/C26H24N4O6/c1-15-25(14-29)23(30)36-26(15,16-6-8-17(31-2)9-7-16)35-22(24(25,12-27)13-28)21-19(33-4)10-18(32-3)11-20(21)34-5/h6-11,15,22,30H,1-5H3. The Hall–Kier alpha value is -4.46. The molecular formula is C26H24N4O6. The van der Waals surface area contributed by atoms with E-state index in [1.807, 2.05) is 12.1 Å². The van der Waals surface area contributed by atoms with Gasteiger partial charge in [0.25, 0.3) is 0 Å². The van der Waals surface area contributed by atoms with Crippen molar-refractivity contribution < 1.29 is 28.4 Å². The minimum atomic E-state index is -2.19. The molecule has 4 atom stereocenters. The van der Waals surface area contributed by atoms with Crippen molar-refractivity contribution in [2.75, 3.05) is 28.4 Å². The second-order valence-corrected chi connectivity index (χ2v) is 8.44. The quantitative estimate of drug-likeness (QED) is 0.639. The number of methoxy groups -OCH3 is 4. The third kappa shape index (κ3) is 2.87. The largest absolute Gasteiger partial charge is 0.497 e. The summed E-state index contributed by atoms with van der Waals surface area (Å²) in [4.78, 5) is 0. The summed E-state index contributed by atoms with van der Waals surface area (Å²) >= 11 is 0. The van der Waals surface area contributed by atoms with Gasteiger partial charge in [-0.15, -0.1) is 0 Å². The lowest BCUT2D eigenvalue weighted by atomic mass is 9.53. The summed E-state index contributed by atoms with van der Waals surface area (Å²) < 4.78 is 34.4. The summed E-state index contributed by atoms with van der Waals surface area (Å²) in [6.45, 7) is 1.64. The van der Waals surface area contributed by atoms with E-state index in [1.54, 1.807) is 43.3 Å². The number of benzene rings is 2. The first kappa shape index (κ1) is 24.7. The smallest absolute Gasteiger partial charge is 0.244 e. The van der Waals surface area contributed by atoms with Crippen LogP contribution >= 0.6 is 0 Å². The first-order chi connectivity index (χ1) is 17.3. The van der Waals surface area contributed by atoms with Crippen molar-refractivity contribution in [2.45, 2.75) is 18.8 Å². The minimum Gasteiger partial charge on any atom is -0.497 e. The number of nitriles is 3. The highest BCUT2D eigenvalue weighted by Crippen LogP contribution is 2.70. The predicted molar refractivity (Wildman–Crippen MR) is 124 cm³/mol. The summed E-state index contributed by atoms with van der Waals surface area (Å²) in [5.41, 5.74) is -3.47. The number of ether oxygens (including phenoxy) is 6. The maximum absolute atomic E-state index is 10.5. The van der Waals surface area contributed by atoms with Gasteiger partial charge in [0.1, 0.15) is 29.1 Å². The van der Waals surface area contributed by atoms with Crippen molar-refractivity contribution in [3.8, 4) is 41.2 Å². The molecule has 0 aromatic heterocycles. The summed E-state index contributed by atoms with van der Waals surface area (Å²) in [7, 11) is 5.83. The lowest BCUT2D eigenvalue weighted by Gasteiger charge is -2.49. The summed E-state index contributed by atoms with van der Waals surface area (Å²) in [6, 6.07) is 16.1. The fraction of sp³-hybridized carbons (Fsp3) is 0.385. The maximum Gasteiger partial charge on any atom is 0.244 e. The number of nitrogens with zero attached hydrogens (tertiary/aromatic N) is 3. The molecule has 0 spiro atoms. The van der Waals surface area contributed by atoms with Crippen LogP contribution in [0.15, 0.2) is 36.4 Å². The average molecular weight is 489 g/mol. The number of rotatable bonds is 6. The van der Waals surface area contributed by atoms with Gasteiger partial charge in [0.05, 0.1) is 58.1 Å². The molecule has 2 saturated heterocycles. The monoisotopic (exact) mass is 488 g/mol. The summed E-state index contributed by atoms with van der Waals surface area (Å²) in [5, 5.41) is 40.3. The van der Waals surface area contributed by atoms with Crippen molar-refractivity contribution in [1.29, 1.82) is 21.2 Å². The van der Waals surface area contributed by atoms with Crippen LogP contribution in [0, 0.1) is 56.2 Å². The highest BCUT2D eigenvalue weighted by atomic mass is 16.7. The topological polar surface area (TPSA) is 151 Å². The van der Waals surface area contributed by atoms with Gasteiger partial charge in [-0.1, -0.05) is 6.92 Å². The molecule has 2 aromatic carbocycles. The molecule has 0 aliphatic carbocycles. The SMILES string of the molecule is COc1ccc(C23OC(=N)C(C#N)(C2C)C(C#N)(C#N)C(c2c(OC)cc(OC)cc2OC)O3)cc1. The third-order valence-corrected chi connectivity index (χ3v) is 7.18. The Morgan fingerprint density at radius 2 is 1.39 bits per heavy atom. The fourth-order valence-corrected chi connectivity index (χ4v) is 5.24. The van der Waals surface area contributed by atoms with E-state index in [0.29, 0.717) is 17.1 Å². The maximum atomic E-state index is 10.5. The van der Waals surface area contributed by atoms with Gasteiger partial charge in [-0.05, 0) is 24.3 Å². The van der Waals surface area contributed by atoms with E-state index in [4.69, 9.17) is 33.8 Å². The van der Waals surface area contributed by atoms with E-state index in [-0.39, 0.29) is 17.1 Å². The van der Waals surface area contributed by atoms with E-state index in [1.165, 1.54) is 28.4 Å². The Bertz CT molecular complexity index is 1300. The molecule has 1 N–H and O–H groups in total. The average Bonchev–Trinajstić information content (AvgIpc) is 3.08. The highest BCUT2D eigenvalue weighted by molar-refractivity contribution is 5.89. The van der Waals surface area contributed by atoms with Gasteiger partial charge in [-0.2, -0.15) is 15.8 Å². The Labute approximate surface area is 208 Å². The van der Waals surface area contributed by atoms with E-state index < -0.39 is 34.5 Å². The highest BCUT2D eigenvalue weighted by Gasteiger charge is 2.80. The van der Waals surface area contributed by atoms with Crippen molar-refractivity contribution >= 4 is 5.90 Å². The molecule has 10 heteroatoms. The lowest BCUT2D eigenvalue weighted by Crippen LogP contribution is -2.57. The van der Waals surface area contributed by atoms with Crippen LogP contribution in [0.3, 0.4) is 0 Å². The van der Waals surface area contributed by atoms with Crippen LogP contribution in [-0.4, -0.2) is 34.3 Å². The van der Waals surface area contributed by atoms with Gasteiger partial charge in [0, 0.05) is 17.7 Å². The third-order valence-electron chi connectivity index (χ3n) is 7.18. The van der Waals surface area contributed by atoms with Gasteiger partial charge in [0.2, 0.25) is 17.1 Å². The van der Waals surface area contributed by atoms with E-state index in [9.17, 15) is 15.8 Å². The van der Waals surface area contributed by atoms with Crippen LogP contribution in [0.2, 0.25) is 0 Å². The normalized spacial score (nSPS) is 27.6. The molecule has 4 rings (SSSR count). The van der Waals surface area contributed by atoms with E-state index in [0.717, 1.165) is 0 Å². The van der Waals surface area contributed by atoms with E-state index in [2.05, 4.69) is 6.07 Å². The molecule has 0 radical (unpaired) electrons. The minimum absolute atomic E-state index is 0.213. The Morgan fingerprint density at radius 3 is 1.83 bits per heavy atom. The number of nitrogens with one attached hydrogen (secondary N) is 1. The van der Waals surface area contributed by atoms with Gasteiger partial charge in [-0.25, -0.2) is 0 Å². The molecular weight excluding hydrogens is 464 g/mol. The van der Waals surface area contributed by atoms with Crippen LogP contribution in [0.1, 0.15) is 24.2 Å². The van der Waals surface area contributed by atoms with Crippen LogP contribution < -0.4 is 18.9 Å². The molecule has 2 fully saturated rings. The Balaban J connectivity index is 2.08. The molecule has 2 aliphatic rings. The zero-order valence-electron chi connectivity index (χ0n) is 20.4. The molecule has 2 bridgehead atoms. The molecule has 10 nitrogen and oxygen atoms in total. The molecule has 0 saturated carbocycles. The molecule has 184 valence electrons. The van der Waals surface area contributed by atoms with Gasteiger partial charge in [0.15, 0.2) is 5.41 Å². The van der Waals surface area contributed by atoms with Crippen molar-refractivity contribution in [3.63, 3.8) is 0 Å². The Morgan fingerprint density at radius 1 is 0.833 bits per heavy atom. The van der Waals surface area contributed by atoms with Gasteiger partial charge in [-0.3, -0.25) is 5.41 Å². The van der Waals surface area contributed by atoms with Crippen LogP contribution in [0.4, 0.5) is 0 Å². The van der Waals surface area contributed by atoms with Crippen LogP contribution in [0.25, 0.3) is 0 Å². The zero-order chi connectivity index (χ0) is 26.3. The van der Waals surface area contributed by atoms with Crippen molar-refractivity contribution in [3.05, 3.63) is 47.5 Å². The number of fused-ring (bicyclic) bond motifs is 2. The summed E-state index contributed by atoms with van der Waals surface area (Å²) in [5.74, 6) is -1.70. The first-order valence-electron chi connectivity index (χ1n) is 10.9. The molecule has 0 amide bonds. The number of hydrogen-bond donors (Lipinski definition) is 1. The lowest BCUT2D eigenvalue weighted by molar-refractivity contribution is -0.289. The Kier molecular flexibility index (Phi) is 5.92. The first-order valence-corrected chi connectivity index (χ1v) is 10.9. The molecule has 2 heterocycles. The second-order valence-electron chi connectivity index (χ2n) is 8.44. The number of hydrogen-bond acceptors (Lipinski definition) is 10. The van der Waals surface area contributed by atoms with Crippen LogP contribution in [-0.2, 0) is 15.3 Å². The van der Waals surface area contributed by atoms with E-state index >= 15 is 0 Å². The second kappa shape index (κ2) is 8.64. The molecule has 36 heavy (non-hydrogen) atoms. The van der Waals surface area contributed by atoms with Crippen molar-refractivity contribution in [2.24, 2.45) is 16.7 Å². The van der Waals surface area contributed by atoms with Crippen molar-refractivity contribution in [1.82, 2.24) is 0 Å². The zero-order valence-corrected chi connectivity index (χ0v) is 20.4. The van der Waals surface area contributed by atoms with Gasteiger partial charge >= 0.3 is 0 Å². The summed E-state index contributed by atoms with van der Waals surface area (Å²) in [6.07, 6.45) is -1.41. The molecule has 4 unspecified atom stereocenters. The molecule has 2 aliphatic heterocycles. The van der Waals surface area contributed by atoms with Crippen LogP contribution in [0.5, 0.6) is 23.0 Å².